The first kappa shape index (κ1) is 13.8. The van der Waals surface area contributed by atoms with Gasteiger partial charge < -0.3 is 0 Å². The molecule has 0 aromatic heterocycles. The Morgan fingerprint density at radius 2 is 1.93 bits per heavy atom. The van der Waals surface area contributed by atoms with Gasteiger partial charge in [0.1, 0.15) is 11.6 Å². The molecule has 0 spiro atoms. The average Bonchev–Trinajstić information content (AvgIpc) is 2.09. The molecular weight excluding hydrogens is 218 g/mol. The molecule has 1 aromatic carbocycles. The summed E-state index contributed by atoms with van der Waals surface area (Å²) in [4.78, 5) is 0. The molecule has 1 unspecified atom stereocenters. The molecule has 0 amide bonds. The van der Waals surface area contributed by atoms with Crippen molar-refractivity contribution in [1.82, 2.24) is 0 Å². The molecule has 0 fully saturated rings. The van der Waals surface area contributed by atoms with Crippen molar-refractivity contribution in [1.29, 1.82) is 0 Å². The quantitative estimate of drug-likeness (QED) is 0.699. The van der Waals surface area contributed by atoms with Crippen molar-refractivity contribution in [3.63, 3.8) is 0 Å². The number of hydrogen-bond donors (Lipinski definition) is 0. The van der Waals surface area contributed by atoms with Crippen LogP contribution < -0.4 is 0 Å². The fourth-order valence-corrected chi connectivity index (χ4v) is 1.21. The number of rotatable bonds is 3. The molecule has 1 rings (SSSR count). The predicted molar refractivity (Wildman–Crippen MR) is 49.5 cm³/mol. The van der Waals surface area contributed by atoms with Gasteiger partial charge in [0.25, 0.3) is 0 Å². The van der Waals surface area contributed by atoms with Crippen molar-refractivity contribution in [2.75, 3.05) is 0 Å². The Bertz CT molecular complexity index is 287. The van der Waals surface area contributed by atoms with Gasteiger partial charge in [0, 0.05) is 27.8 Å². The summed E-state index contributed by atoms with van der Waals surface area (Å²) in [5.41, 5.74) is 0.607. The van der Waals surface area contributed by atoms with E-state index in [4.69, 9.17) is 0 Å². The Labute approximate surface area is 98.6 Å². The van der Waals surface area contributed by atoms with Crippen LogP contribution in [0.1, 0.15) is 25.8 Å². The van der Waals surface area contributed by atoms with Crippen molar-refractivity contribution in [3.05, 3.63) is 35.4 Å². The second kappa shape index (κ2) is 6.31. The van der Waals surface area contributed by atoms with Gasteiger partial charge in [-0.05, 0) is 24.0 Å². The Morgan fingerprint density at radius 1 is 1.29 bits per heavy atom. The first-order valence-corrected chi connectivity index (χ1v) is 4.57. The molecule has 0 saturated heterocycles. The standard InChI is InChI=1S/C11H14F2.Ti/c1-3-8(2)6-9-4-5-10(12)7-11(9)13;/h4-5,7-8H,3,6H2,1-2H3;. The van der Waals surface area contributed by atoms with Crippen LogP contribution in [0.25, 0.3) is 0 Å². The molecule has 0 aliphatic carbocycles. The summed E-state index contributed by atoms with van der Waals surface area (Å²) in [7, 11) is 0. The molecule has 3 heteroatoms. The van der Waals surface area contributed by atoms with Crippen LogP contribution >= 0.6 is 0 Å². The van der Waals surface area contributed by atoms with Gasteiger partial charge in [-0.25, -0.2) is 8.78 Å². The largest absolute Gasteiger partial charge is 0.207 e. The second-order valence-electron chi connectivity index (χ2n) is 3.45. The van der Waals surface area contributed by atoms with E-state index in [2.05, 4.69) is 13.8 Å². The first-order chi connectivity index (χ1) is 6.13. The van der Waals surface area contributed by atoms with Crippen molar-refractivity contribution in [2.45, 2.75) is 26.7 Å². The topological polar surface area (TPSA) is 0 Å². The summed E-state index contributed by atoms with van der Waals surface area (Å²) in [6, 6.07) is 3.77. The summed E-state index contributed by atoms with van der Waals surface area (Å²) in [6.07, 6.45) is 1.69. The molecule has 0 radical (unpaired) electrons. The summed E-state index contributed by atoms with van der Waals surface area (Å²) >= 11 is 0. The minimum Gasteiger partial charge on any atom is -0.207 e. The average molecular weight is 232 g/mol. The van der Waals surface area contributed by atoms with Gasteiger partial charge in [-0.3, -0.25) is 0 Å². The van der Waals surface area contributed by atoms with Gasteiger partial charge in [-0.15, -0.1) is 0 Å². The van der Waals surface area contributed by atoms with E-state index in [1.807, 2.05) is 0 Å². The summed E-state index contributed by atoms with van der Waals surface area (Å²) < 4.78 is 25.6. The van der Waals surface area contributed by atoms with Crippen LogP contribution in [0, 0.1) is 17.6 Å². The molecule has 0 saturated carbocycles. The number of halogens is 2. The fourth-order valence-electron chi connectivity index (χ4n) is 1.21. The Kier molecular flexibility index (Phi) is 6.22. The maximum Gasteiger partial charge on any atom is 0.129 e. The van der Waals surface area contributed by atoms with Crippen LogP contribution in [-0.2, 0) is 28.1 Å². The van der Waals surface area contributed by atoms with E-state index in [0.717, 1.165) is 12.5 Å². The molecule has 1 aromatic rings. The van der Waals surface area contributed by atoms with E-state index in [0.29, 0.717) is 17.9 Å². The minimum absolute atomic E-state index is 0. The summed E-state index contributed by atoms with van der Waals surface area (Å²) in [5.74, 6) is -0.495. The summed E-state index contributed by atoms with van der Waals surface area (Å²) in [5, 5.41) is 0. The zero-order chi connectivity index (χ0) is 9.84. The number of benzene rings is 1. The van der Waals surface area contributed by atoms with E-state index >= 15 is 0 Å². The molecule has 76 valence electrons. The van der Waals surface area contributed by atoms with Crippen molar-refractivity contribution in [2.24, 2.45) is 5.92 Å². The Hall–Kier alpha value is -0.206. The van der Waals surface area contributed by atoms with E-state index in [1.54, 1.807) is 0 Å². The molecule has 0 bridgehead atoms. The smallest absolute Gasteiger partial charge is 0.129 e. The first-order valence-electron chi connectivity index (χ1n) is 4.57. The molecule has 0 aliphatic heterocycles. The van der Waals surface area contributed by atoms with Crippen LogP contribution in [-0.4, -0.2) is 0 Å². The van der Waals surface area contributed by atoms with Crippen molar-refractivity contribution in [3.8, 4) is 0 Å². The number of hydrogen-bond acceptors (Lipinski definition) is 0. The zero-order valence-corrected chi connectivity index (χ0v) is 10.0. The van der Waals surface area contributed by atoms with Gasteiger partial charge in [-0.1, -0.05) is 26.3 Å². The SMILES string of the molecule is CCC(C)Cc1ccc(F)cc1F.[Ti]. The van der Waals surface area contributed by atoms with Gasteiger partial charge >= 0.3 is 0 Å². The van der Waals surface area contributed by atoms with Crippen molar-refractivity contribution < 1.29 is 30.5 Å². The van der Waals surface area contributed by atoms with E-state index in [1.165, 1.54) is 12.1 Å². The molecular formula is C11H14F2Ti. The molecule has 0 heterocycles. The van der Waals surface area contributed by atoms with Gasteiger partial charge in [0.2, 0.25) is 0 Å². The van der Waals surface area contributed by atoms with E-state index in [9.17, 15) is 8.78 Å². The minimum atomic E-state index is -0.509. The third-order valence-electron chi connectivity index (χ3n) is 2.28. The van der Waals surface area contributed by atoms with Gasteiger partial charge in [0.15, 0.2) is 0 Å². The van der Waals surface area contributed by atoms with Gasteiger partial charge in [0.05, 0.1) is 0 Å². The second-order valence-corrected chi connectivity index (χ2v) is 3.45. The maximum absolute atomic E-state index is 13.1. The molecule has 0 nitrogen and oxygen atoms in total. The third-order valence-corrected chi connectivity index (χ3v) is 2.28. The van der Waals surface area contributed by atoms with Gasteiger partial charge in [-0.2, -0.15) is 0 Å². The van der Waals surface area contributed by atoms with Crippen LogP contribution in [0.5, 0.6) is 0 Å². The third kappa shape index (κ3) is 3.89. The zero-order valence-electron chi connectivity index (χ0n) is 8.48. The maximum atomic E-state index is 13.1. The normalized spacial score (nSPS) is 12.0. The van der Waals surface area contributed by atoms with Crippen LogP contribution in [0.3, 0.4) is 0 Å². The predicted octanol–water partition coefficient (Wildman–Crippen LogP) is 3.55. The molecule has 0 N–H and O–H groups in total. The fraction of sp³-hybridized carbons (Fsp3) is 0.455. The van der Waals surface area contributed by atoms with Crippen LogP contribution in [0.4, 0.5) is 8.78 Å². The van der Waals surface area contributed by atoms with Crippen LogP contribution in [0.2, 0.25) is 0 Å². The van der Waals surface area contributed by atoms with E-state index < -0.39 is 11.6 Å². The summed E-state index contributed by atoms with van der Waals surface area (Å²) in [6.45, 7) is 4.12. The molecule has 0 aliphatic rings. The van der Waals surface area contributed by atoms with Crippen molar-refractivity contribution >= 4 is 0 Å². The molecule has 14 heavy (non-hydrogen) atoms. The molecule has 1 atom stereocenters. The Balaban J connectivity index is 0.00000169. The van der Waals surface area contributed by atoms with Crippen LogP contribution in [0.15, 0.2) is 18.2 Å². The van der Waals surface area contributed by atoms with E-state index in [-0.39, 0.29) is 21.7 Å². The Morgan fingerprint density at radius 3 is 2.43 bits per heavy atom. The monoisotopic (exact) mass is 232 g/mol.